The molecule has 0 aliphatic carbocycles. The van der Waals surface area contributed by atoms with Gasteiger partial charge in [0.1, 0.15) is 11.8 Å². The van der Waals surface area contributed by atoms with Gasteiger partial charge in [0.25, 0.3) is 5.91 Å². The van der Waals surface area contributed by atoms with E-state index in [-0.39, 0.29) is 5.75 Å². The maximum Gasteiger partial charge on any atom is 0.326 e. The van der Waals surface area contributed by atoms with Crippen LogP contribution in [0.4, 0.5) is 10.1 Å². The summed E-state index contributed by atoms with van der Waals surface area (Å²) < 4.78 is 18.5. The fourth-order valence-corrected chi connectivity index (χ4v) is 2.28. The van der Waals surface area contributed by atoms with Crippen LogP contribution in [0.1, 0.15) is 12.8 Å². The number of hydrogen-bond donors (Lipinski definition) is 1. The number of nitro benzene ring substituents is 1. The van der Waals surface area contributed by atoms with Crippen molar-refractivity contribution in [1.29, 1.82) is 0 Å². The molecule has 1 aliphatic rings. The minimum Gasteiger partial charge on any atom is -0.484 e. The zero-order valence-corrected chi connectivity index (χ0v) is 11.4. The Morgan fingerprint density at radius 1 is 1.50 bits per heavy atom. The molecular formula is C13H13FN2O6. The first-order valence-electron chi connectivity index (χ1n) is 6.49. The van der Waals surface area contributed by atoms with Gasteiger partial charge in [0.15, 0.2) is 6.61 Å². The number of carbonyl (C=O) groups is 2. The Balaban J connectivity index is 1.98. The smallest absolute Gasteiger partial charge is 0.326 e. The van der Waals surface area contributed by atoms with Crippen molar-refractivity contribution in [3.63, 3.8) is 0 Å². The molecule has 1 aromatic rings. The quantitative estimate of drug-likeness (QED) is 0.646. The number of nitrogens with zero attached hydrogens (tertiary/aromatic N) is 2. The minimum atomic E-state index is -1.08. The standard InChI is InChI=1S/C13H13FN2O6/c14-9-6-8(3-4-10(9)16(20)21)22-7-12(17)15-5-1-2-11(15)13(18)19/h3-4,6,11H,1-2,5,7H2,(H,18,19). The molecule has 1 heterocycles. The first-order valence-corrected chi connectivity index (χ1v) is 6.49. The summed E-state index contributed by atoms with van der Waals surface area (Å²) in [5.41, 5.74) is -0.691. The summed E-state index contributed by atoms with van der Waals surface area (Å²) in [6.07, 6.45) is 0.974. The summed E-state index contributed by atoms with van der Waals surface area (Å²) in [5.74, 6) is -2.71. The van der Waals surface area contributed by atoms with Crippen LogP contribution >= 0.6 is 0 Å². The highest BCUT2D eigenvalue weighted by Gasteiger charge is 2.34. The van der Waals surface area contributed by atoms with Crippen LogP contribution in [-0.4, -0.2) is 46.0 Å². The highest BCUT2D eigenvalue weighted by molar-refractivity contribution is 5.85. The second-order valence-electron chi connectivity index (χ2n) is 4.74. The second-order valence-corrected chi connectivity index (χ2v) is 4.74. The Bertz CT molecular complexity index is 621. The predicted octanol–water partition coefficient (Wildman–Crippen LogP) is 1.19. The fraction of sp³-hybridized carbons (Fsp3) is 0.385. The SMILES string of the molecule is O=C(O)C1CCCN1C(=O)COc1ccc([N+](=O)[O-])c(F)c1. The van der Waals surface area contributed by atoms with Crippen molar-refractivity contribution in [2.24, 2.45) is 0 Å². The van der Waals surface area contributed by atoms with E-state index in [0.717, 1.165) is 12.1 Å². The van der Waals surface area contributed by atoms with Gasteiger partial charge in [-0.05, 0) is 18.9 Å². The molecule has 1 unspecified atom stereocenters. The van der Waals surface area contributed by atoms with E-state index in [1.807, 2.05) is 0 Å². The Kier molecular flexibility index (Phi) is 4.54. The first kappa shape index (κ1) is 15.7. The lowest BCUT2D eigenvalue weighted by Gasteiger charge is -2.21. The maximum absolute atomic E-state index is 13.4. The number of nitro groups is 1. The molecule has 1 aromatic carbocycles. The lowest BCUT2D eigenvalue weighted by atomic mass is 10.2. The molecule has 1 saturated heterocycles. The molecule has 0 radical (unpaired) electrons. The van der Waals surface area contributed by atoms with Crippen LogP contribution in [0.25, 0.3) is 0 Å². The molecule has 0 saturated carbocycles. The Hall–Kier alpha value is -2.71. The van der Waals surface area contributed by atoms with Crippen LogP contribution in [0.2, 0.25) is 0 Å². The largest absolute Gasteiger partial charge is 0.484 e. The van der Waals surface area contributed by atoms with E-state index >= 15 is 0 Å². The molecule has 9 heteroatoms. The van der Waals surface area contributed by atoms with Crippen LogP contribution in [0.15, 0.2) is 18.2 Å². The number of carbonyl (C=O) groups excluding carboxylic acids is 1. The highest BCUT2D eigenvalue weighted by Crippen LogP contribution is 2.23. The van der Waals surface area contributed by atoms with E-state index in [1.54, 1.807) is 0 Å². The number of benzene rings is 1. The van der Waals surface area contributed by atoms with E-state index in [4.69, 9.17) is 9.84 Å². The number of rotatable bonds is 5. The van der Waals surface area contributed by atoms with Crippen molar-refractivity contribution < 1.29 is 28.7 Å². The predicted molar refractivity (Wildman–Crippen MR) is 70.9 cm³/mol. The van der Waals surface area contributed by atoms with Gasteiger partial charge in [0, 0.05) is 18.7 Å². The van der Waals surface area contributed by atoms with Gasteiger partial charge in [-0.2, -0.15) is 4.39 Å². The molecule has 8 nitrogen and oxygen atoms in total. The van der Waals surface area contributed by atoms with Crippen LogP contribution in [0, 0.1) is 15.9 Å². The van der Waals surface area contributed by atoms with Gasteiger partial charge >= 0.3 is 11.7 Å². The Morgan fingerprint density at radius 3 is 2.82 bits per heavy atom. The van der Waals surface area contributed by atoms with E-state index in [1.165, 1.54) is 11.0 Å². The molecule has 1 atom stereocenters. The lowest BCUT2D eigenvalue weighted by Crippen LogP contribution is -2.42. The van der Waals surface area contributed by atoms with Crippen LogP contribution in [-0.2, 0) is 9.59 Å². The monoisotopic (exact) mass is 312 g/mol. The summed E-state index contributed by atoms with van der Waals surface area (Å²) >= 11 is 0. The topological polar surface area (TPSA) is 110 Å². The van der Waals surface area contributed by atoms with Gasteiger partial charge in [-0.3, -0.25) is 14.9 Å². The third-order valence-corrected chi connectivity index (χ3v) is 3.34. The fourth-order valence-electron chi connectivity index (χ4n) is 2.28. The average Bonchev–Trinajstić information content (AvgIpc) is 2.94. The van der Waals surface area contributed by atoms with Crippen molar-refractivity contribution in [3.05, 3.63) is 34.1 Å². The van der Waals surface area contributed by atoms with E-state index in [9.17, 15) is 24.1 Å². The van der Waals surface area contributed by atoms with Gasteiger partial charge in [0.2, 0.25) is 5.82 Å². The summed E-state index contributed by atoms with van der Waals surface area (Å²) in [7, 11) is 0. The number of likely N-dealkylation sites (tertiary alicyclic amines) is 1. The van der Waals surface area contributed by atoms with Crippen LogP contribution in [0.3, 0.4) is 0 Å². The third-order valence-electron chi connectivity index (χ3n) is 3.34. The molecule has 1 amide bonds. The average molecular weight is 312 g/mol. The summed E-state index contributed by atoms with van der Waals surface area (Å²) in [6, 6.07) is 2.05. The summed E-state index contributed by atoms with van der Waals surface area (Å²) in [5, 5.41) is 19.5. The zero-order chi connectivity index (χ0) is 16.3. The molecule has 118 valence electrons. The number of carboxylic acid groups (broad SMARTS) is 1. The molecule has 1 fully saturated rings. The molecule has 0 aromatic heterocycles. The van der Waals surface area contributed by atoms with Gasteiger partial charge < -0.3 is 14.7 Å². The van der Waals surface area contributed by atoms with Crippen molar-refractivity contribution in [2.45, 2.75) is 18.9 Å². The maximum atomic E-state index is 13.4. The second kappa shape index (κ2) is 6.37. The number of hydrogen-bond acceptors (Lipinski definition) is 5. The number of halogens is 1. The number of carboxylic acids is 1. The molecule has 1 N–H and O–H groups in total. The number of ether oxygens (including phenoxy) is 1. The van der Waals surface area contributed by atoms with Gasteiger partial charge in [-0.25, -0.2) is 4.79 Å². The van der Waals surface area contributed by atoms with Crippen molar-refractivity contribution in [1.82, 2.24) is 4.90 Å². The number of amides is 1. The van der Waals surface area contributed by atoms with Gasteiger partial charge in [-0.15, -0.1) is 0 Å². The number of aliphatic carboxylic acids is 1. The normalized spacial score (nSPS) is 17.3. The van der Waals surface area contributed by atoms with E-state index < -0.39 is 41.0 Å². The zero-order valence-electron chi connectivity index (χ0n) is 11.4. The Morgan fingerprint density at radius 2 is 2.23 bits per heavy atom. The molecular weight excluding hydrogens is 299 g/mol. The van der Waals surface area contributed by atoms with Crippen molar-refractivity contribution >= 4 is 17.6 Å². The molecule has 0 bridgehead atoms. The Labute approximate surface area is 124 Å². The van der Waals surface area contributed by atoms with Crippen molar-refractivity contribution in [3.8, 4) is 5.75 Å². The van der Waals surface area contributed by atoms with E-state index in [0.29, 0.717) is 19.4 Å². The first-order chi connectivity index (χ1) is 10.4. The van der Waals surface area contributed by atoms with Crippen LogP contribution < -0.4 is 4.74 Å². The van der Waals surface area contributed by atoms with Crippen molar-refractivity contribution in [2.75, 3.05) is 13.2 Å². The van der Waals surface area contributed by atoms with E-state index in [2.05, 4.69) is 0 Å². The molecule has 0 spiro atoms. The summed E-state index contributed by atoms with van der Waals surface area (Å²) in [4.78, 5) is 33.7. The molecule has 22 heavy (non-hydrogen) atoms. The minimum absolute atomic E-state index is 0.0393. The highest BCUT2D eigenvalue weighted by atomic mass is 19.1. The van der Waals surface area contributed by atoms with Gasteiger partial charge in [0.05, 0.1) is 4.92 Å². The van der Waals surface area contributed by atoms with Crippen LogP contribution in [0.5, 0.6) is 5.75 Å². The molecule has 1 aliphatic heterocycles. The lowest BCUT2D eigenvalue weighted by molar-refractivity contribution is -0.387. The molecule has 2 rings (SSSR count). The van der Waals surface area contributed by atoms with Gasteiger partial charge in [-0.1, -0.05) is 0 Å². The third kappa shape index (κ3) is 3.30. The summed E-state index contributed by atoms with van der Waals surface area (Å²) in [6.45, 7) is -0.130.